The molecule has 0 aromatic heterocycles. The van der Waals surface area contributed by atoms with Gasteiger partial charge < -0.3 is 10.0 Å². The molecule has 0 aliphatic carbocycles. The van der Waals surface area contributed by atoms with Gasteiger partial charge in [0.25, 0.3) is 0 Å². The van der Waals surface area contributed by atoms with Gasteiger partial charge in [-0.15, -0.1) is 0 Å². The molecule has 0 bridgehead atoms. The first-order chi connectivity index (χ1) is 7.67. The van der Waals surface area contributed by atoms with E-state index in [0.717, 1.165) is 25.9 Å². The van der Waals surface area contributed by atoms with E-state index < -0.39 is 0 Å². The topological polar surface area (TPSA) is 40.5 Å². The highest BCUT2D eigenvalue weighted by Crippen LogP contribution is 2.37. The molecule has 0 radical (unpaired) electrons. The quantitative estimate of drug-likeness (QED) is 0.782. The van der Waals surface area contributed by atoms with Gasteiger partial charge in [0.1, 0.15) is 0 Å². The van der Waals surface area contributed by atoms with Crippen molar-refractivity contribution in [2.24, 2.45) is 5.41 Å². The van der Waals surface area contributed by atoms with Crippen molar-refractivity contribution < 1.29 is 9.90 Å². The minimum atomic E-state index is 0.118. The second-order valence-electron chi connectivity index (χ2n) is 4.92. The fourth-order valence-corrected chi connectivity index (χ4v) is 2.58. The van der Waals surface area contributed by atoms with Crippen LogP contribution in [0.1, 0.15) is 52.4 Å². The molecule has 0 atom stereocenters. The van der Waals surface area contributed by atoms with Crippen LogP contribution in [0.4, 0.5) is 0 Å². The standard InChI is InChI=1S/C13H25NO2/c1-3-13(4-2)7-9-14(10-8-13)12(16)6-5-11-15/h15H,3-11H2,1-2H3. The Labute approximate surface area is 98.8 Å². The summed E-state index contributed by atoms with van der Waals surface area (Å²) in [7, 11) is 0. The first kappa shape index (κ1) is 13.5. The van der Waals surface area contributed by atoms with E-state index in [2.05, 4.69) is 13.8 Å². The zero-order chi connectivity index (χ0) is 12.0. The predicted octanol–water partition coefficient (Wildman–Crippen LogP) is 2.19. The van der Waals surface area contributed by atoms with E-state index in [1.807, 2.05) is 4.90 Å². The van der Waals surface area contributed by atoms with Gasteiger partial charge in [0.15, 0.2) is 0 Å². The molecule has 16 heavy (non-hydrogen) atoms. The van der Waals surface area contributed by atoms with Crippen LogP contribution in [0.5, 0.6) is 0 Å². The summed E-state index contributed by atoms with van der Waals surface area (Å²) in [5.74, 6) is 0.217. The lowest BCUT2D eigenvalue weighted by Crippen LogP contribution is -2.42. The van der Waals surface area contributed by atoms with Gasteiger partial charge in [-0.2, -0.15) is 0 Å². The number of rotatable bonds is 5. The highest BCUT2D eigenvalue weighted by molar-refractivity contribution is 5.76. The molecule has 1 saturated heterocycles. The van der Waals surface area contributed by atoms with Crippen molar-refractivity contribution in [3.05, 3.63) is 0 Å². The number of piperidine rings is 1. The summed E-state index contributed by atoms with van der Waals surface area (Å²) in [6.07, 6.45) is 5.84. The third-order valence-corrected chi connectivity index (χ3v) is 4.23. The second kappa shape index (κ2) is 6.24. The van der Waals surface area contributed by atoms with Crippen molar-refractivity contribution in [3.8, 4) is 0 Å². The van der Waals surface area contributed by atoms with Gasteiger partial charge in [-0.25, -0.2) is 0 Å². The van der Waals surface area contributed by atoms with Gasteiger partial charge in [-0.3, -0.25) is 4.79 Å². The molecule has 1 fully saturated rings. The van der Waals surface area contributed by atoms with Crippen molar-refractivity contribution in [2.45, 2.75) is 52.4 Å². The number of aliphatic hydroxyl groups is 1. The van der Waals surface area contributed by atoms with Gasteiger partial charge in [0, 0.05) is 26.1 Å². The van der Waals surface area contributed by atoms with E-state index >= 15 is 0 Å². The number of nitrogens with zero attached hydrogens (tertiary/aromatic N) is 1. The van der Waals surface area contributed by atoms with E-state index in [4.69, 9.17) is 5.11 Å². The summed E-state index contributed by atoms with van der Waals surface area (Å²) in [5, 5.41) is 8.70. The molecule has 3 nitrogen and oxygen atoms in total. The Balaban J connectivity index is 2.39. The molecular formula is C13H25NO2. The van der Waals surface area contributed by atoms with Crippen LogP contribution in [0.15, 0.2) is 0 Å². The van der Waals surface area contributed by atoms with Crippen LogP contribution in [0.2, 0.25) is 0 Å². The van der Waals surface area contributed by atoms with Crippen LogP contribution in [0.25, 0.3) is 0 Å². The van der Waals surface area contributed by atoms with Crippen molar-refractivity contribution >= 4 is 5.91 Å². The summed E-state index contributed by atoms with van der Waals surface area (Å²) < 4.78 is 0. The number of amides is 1. The van der Waals surface area contributed by atoms with Crippen LogP contribution >= 0.6 is 0 Å². The summed E-state index contributed by atoms with van der Waals surface area (Å²) >= 11 is 0. The summed E-state index contributed by atoms with van der Waals surface area (Å²) in [6, 6.07) is 0. The average Bonchev–Trinajstić information content (AvgIpc) is 2.36. The lowest BCUT2D eigenvalue weighted by molar-refractivity contribution is -0.133. The molecule has 1 aliphatic rings. The zero-order valence-electron chi connectivity index (χ0n) is 10.7. The van der Waals surface area contributed by atoms with Crippen molar-refractivity contribution in [3.63, 3.8) is 0 Å². The maximum absolute atomic E-state index is 11.8. The van der Waals surface area contributed by atoms with Crippen LogP contribution in [-0.2, 0) is 4.79 Å². The fraction of sp³-hybridized carbons (Fsp3) is 0.923. The highest BCUT2D eigenvalue weighted by Gasteiger charge is 2.32. The van der Waals surface area contributed by atoms with Gasteiger partial charge in [-0.05, 0) is 24.7 Å². The predicted molar refractivity (Wildman–Crippen MR) is 65.1 cm³/mol. The molecule has 1 amide bonds. The fourth-order valence-electron chi connectivity index (χ4n) is 2.58. The van der Waals surface area contributed by atoms with Crippen LogP contribution in [0.3, 0.4) is 0 Å². The molecule has 3 heteroatoms. The Morgan fingerprint density at radius 3 is 2.25 bits per heavy atom. The van der Waals surface area contributed by atoms with Crippen molar-refractivity contribution in [1.82, 2.24) is 4.90 Å². The SMILES string of the molecule is CCC1(CC)CCN(C(=O)CCCO)CC1. The normalized spacial score (nSPS) is 19.8. The molecule has 1 aliphatic heterocycles. The zero-order valence-corrected chi connectivity index (χ0v) is 10.7. The Bertz CT molecular complexity index is 214. The summed E-state index contributed by atoms with van der Waals surface area (Å²) in [4.78, 5) is 13.7. The Kier molecular flexibility index (Phi) is 5.26. The van der Waals surface area contributed by atoms with E-state index in [1.165, 1.54) is 12.8 Å². The van der Waals surface area contributed by atoms with Crippen LogP contribution in [0, 0.1) is 5.41 Å². The minimum absolute atomic E-state index is 0.118. The molecule has 1 rings (SSSR count). The Morgan fingerprint density at radius 1 is 1.25 bits per heavy atom. The van der Waals surface area contributed by atoms with E-state index in [9.17, 15) is 4.79 Å². The number of likely N-dealkylation sites (tertiary alicyclic amines) is 1. The molecule has 0 aromatic rings. The molecule has 94 valence electrons. The molecule has 0 unspecified atom stereocenters. The second-order valence-corrected chi connectivity index (χ2v) is 4.92. The average molecular weight is 227 g/mol. The Morgan fingerprint density at radius 2 is 1.81 bits per heavy atom. The number of carbonyl (C=O) groups excluding carboxylic acids is 1. The van der Waals surface area contributed by atoms with Crippen LogP contribution in [-0.4, -0.2) is 35.6 Å². The number of aliphatic hydroxyl groups excluding tert-OH is 1. The van der Waals surface area contributed by atoms with Crippen molar-refractivity contribution in [2.75, 3.05) is 19.7 Å². The van der Waals surface area contributed by atoms with Gasteiger partial charge >= 0.3 is 0 Å². The van der Waals surface area contributed by atoms with E-state index in [-0.39, 0.29) is 12.5 Å². The van der Waals surface area contributed by atoms with Gasteiger partial charge in [0.2, 0.25) is 5.91 Å². The van der Waals surface area contributed by atoms with Gasteiger partial charge in [-0.1, -0.05) is 26.7 Å². The largest absolute Gasteiger partial charge is 0.396 e. The van der Waals surface area contributed by atoms with Crippen molar-refractivity contribution in [1.29, 1.82) is 0 Å². The number of carbonyl (C=O) groups is 1. The molecule has 0 aromatic carbocycles. The van der Waals surface area contributed by atoms with E-state index in [0.29, 0.717) is 18.3 Å². The lowest BCUT2D eigenvalue weighted by Gasteiger charge is -2.41. The smallest absolute Gasteiger partial charge is 0.222 e. The maximum Gasteiger partial charge on any atom is 0.222 e. The maximum atomic E-state index is 11.8. The van der Waals surface area contributed by atoms with E-state index in [1.54, 1.807) is 0 Å². The lowest BCUT2D eigenvalue weighted by atomic mass is 9.74. The molecule has 0 saturated carbocycles. The third-order valence-electron chi connectivity index (χ3n) is 4.23. The first-order valence-corrected chi connectivity index (χ1v) is 6.56. The third kappa shape index (κ3) is 3.21. The van der Waals surface area contributed by atoms with Gasteiger partial charge in [0.05, 0.1) is 0 Å². The summed E-state index contributed by atoms with van der Waals surface area (Å²) in [6.45, 7) is 6.45. The summed E-state index contributed by atoms with van der Waals surface area (Å²) in [5.41, 5.74) is 0.480. The molecule has 1 heterocycles. The first-order valence-electron chi connectivity index (χ1n) is 6.56. The van der Waals surface area contributed by atoms with Crippen LogP contribution < -0.4 is 0 Å². The monoisotopic (exact) mass is 227 g/mol. The molecular weight excluding hydrogens is 202 g/mol. The molecule has 1 N–H and O–H groups in total. The molecule has 0 spiro atoms. The number of hydrogen-bond donors (Lipinski definition) is 1. The number of hydrogen-bond acceptors (Lipinski definition) is 2. The Hall–Kier alpha value is -0.570. The highest BCUT2D eigenvalue weighted by atomic mass is 16.3. The minimum Gasteiger partial charge on any atom is -0.396 e.